The van der Waals surface area contributed by atoms with Gasteiger partial charge in [0.15, 0.2) is 0 Å². The van der Waals surface area contributed by atoms with Crippen molar-refractivity contribution in [2.45, 2.75) is 32.2 Å². The molecule has 158 valence electrons. The second kappa shape index (κ2) is 10.7. The molecule has 1 atom stereocenters. The summed E-state index contributed by atoms with van der Waals surface area (Å²) < 4.78 is 0. The molecule has 2 aliphatic rings. The van der Waals surface area contributed by atoms with Crippen LogP contribution in [0.3, 0.4) is 0 Å². The molecule has 5 heteroatoms. The Morgan fingerprint density at radius 1 is 0.793 bits per heavy atom. The number of rotatable bonds is 2. The first-order valence-corrected chi connectivity index (χ1v) is 11.3. The van der Waals surface area contributed by atoms with Gasteiger partial charge in [-0.25, -0.2) is 0 Å². The van der Waals surface area contributed by atoms with Crippen LogP contribution >= 0.6 is 23.2 Å². The van der Waals surface area contributed by atoms with E-state index in [0.29, 0.717) is 6.04 Å². The molecule has 0 bridgehead atoms. The van der Waals surface area contributed by atoms with Gasteiger partial charge in [0, 0.05) is 48.5 Å². The molecule has 0 saturated carbocycles. The molecule has 2 aromatic carbocycles. The number of hydrogen-bond donors (Lipinski definition) is 0. The zero-order valence-electron chi connectivity index (χ0n) is 17.9. The van der Waals surface area contributed by atoms with E-state index in [9.17, 15) is 0 Å². The van der Waals surface area contributed by atoms with Crippen molar-refractivity contribution in [1.82, 2.24) is 9.80 Å². The number of hydrogen-bond acceptors (Lipinski definition) is 3. The maximum absolute atomic E-state index is 6.49. The summed E-state index contributed by atoms with van der Waals surface area (Å²) in [5.41, 5.74) is 3.66. The van der Waals surface area contributed by atoms with Gasteiger partial charge < -0.3 is 14.7 Å². The highest BCUT2D eigenvalue weighted by molar-refractivity contribution is 6.31. The summed E-state index contributed by atoms with van der Waals surface area (Å²) in [5, 5.41) is 1.65. The summed E-state index contributed by atoms with van der Waals surface area (Å²) in [7, 11) is 4.35. The number of anilines is 1. The highest BCUT2D eigenvalue weighted by Gasteiger charge is 2.25. The maximum Gasteiger partial charge on any atom is 0.0557 e. The first-order valence-electron chi connectivity index (χ1n) is 10.6. The van der Waals surface area contributed by atoms with E-state index in [-0.39, 0.29) is 0 Å². The highest BCUT2D eigenvalue weighted by Crippen LogP contribution is 2.38. The van der Waals surface area contributed by atoms with Crippen molar-refractivity contribution >= 4 is 28.9 Å². The minimum absolute atomic E-state index is 0.355. The fourth-order valence-electron chi connectivity index (χ4n) is 4.01. The maximum atomic E-state index is 6.49. The van der Waals surface area contributed by atoms with E-state index in [1.54, 1.807) is 0 Å². The minimum Gasteiger partial charge on any atom is -0.364 e. The van der Waals surface area contributed by atoms with Crippen LogP contribution in [0.15, 0.2) is 42.5 Å². The van der Waals surface area contributed by atoms with Crippen LogP contribution in [0.2, 0.25) is 10.0 Å². The predicted molar refractivity (Wildman–Crippen MR) is 127 cm³/mol. The molecule has 2 aliphatic heterocycles. The summed E-state index contributed by atoms with van der Waals surface area (Å²) >= 11 is 12.5. The van der Waals surface area contributed by atoms with Gasteiger partial charge in [0.1, 0.15) is 0 Å². The van der Waals surface area contributed by atoms with Gasteiger partial charge in [0.2, 0.25) is 0 Å². The zero-order chi connectivity index (χ0) is 20.8. The Balaban J connectivity index is 0.000000252. The number of likely N-dealkylation sites (N-methyl/N-ethyl adjacent to an activating group) is 2. The summed E-state index contributed by atoms with van der Waals surface area (Å²) in [5.74, 6) is 0. The normalized spacial score (nSPS) is 20.9. The predicted octanol–water partition coefficient (Wildman–Crippen LogP) is 5.90. The van der Waals surface area contributed by atoms with Crippen molar-refractivity contribution in [2.24, 2.45) is 0 Å². The van der Waals surface area contributed by atoms with E-state index >= 15 is 0 Å². The third-order valence-electron chi connectivity index (χ3n) is 5.90. The Bertz CT molecular complexity index is 760. The topological polar surface area (TPSA) is 9.72 Å². The third-order valence-corrected chi connectivity index (χ3v) is 6.48. The zero-order valence-corrected chi connectivity index (χ0v) is 19.4. The average molecular weight is 434 g/mol. The van der Waals surface area contributed by atoms with Crippen molar-refractivity contribution in [1.29, 1.82) is 0 Å². The van der Waals surface area contributed by atoms with E-state index in [1.807, 2.05) is 12.1 Å². The van der Waals surface area contributed by atoms with Crippen LogP contribution < -0.4 is 4.90 Å². The molecular formula is C24H33Cl2N3. The fraction of sp³-hybridized carbons (Fsp3) is 0.500. The van der Waals surface area contributed by atoms with E-state index < -0.39 is 0 Å². The van der Waals surface area contributed by atoms with E-state index in [2.05, 4.69) is 66.1 Å². The third kappa shape index (κ3) is 6.36. The van der Waals surface area contributed by atoms with Gasteiger partial charge in [-0.1, -0.05) is 35.3 Å². The molecule has 0 amide bonds. The van der Waals surface area contributed by atoms with Gasteiger partial charge >= 0.3 is 0 Å². The molecule has 29 heavy (non-hydrogen) atoms. The average Bonchev–Trinajstić information content (AvgIpc) is 2.72. The van der Waals surface area contributed by atoms with Gasteiger partial charge in [-0.15, -0.1) is 0 Å². The van der Waals surface area contributed by atoms with Crippen molar-refractivity contribution in [3.05, 3.63) is 63.6 Å². The number of aryl methyl sites for hydroxylation is 1. The SMILES string of the molecule is CN1CCN(C)CC1.Cc1ccc(C2CCCCN2c2ccc(Cl)cc2)c(Cl)c1. The van der Waals surface area contributed by atoms with Crippen LogP contribution in [0.5, 0.6) is 0 Å². The molecule has 0 aliphatic carbocycles. The van der Waals surface area contributed by atoms with Crippen LogP contribution in [-0.2, 0) is 0 Å². The Labute approximate surface area is 186 Å². The molecule has 0 spiro atoms. The van der Waals surface area contributed by atoms with Crippen LogP contribution in [0.4, 0.5) is 5.69 Å². The number of halogens is 2. The molecule has 3 nitrogen and oxygen atoms in total. The highest BCUT2D eigenvalue weighted by atomic mass is 35.5. The lowest BCUT2D eigenvalue weighted by molar-refractivity contribution is 0.181. The molecule has 2 heterocycles. The molecule has 2 saturated heterocycles. The fourth-order valence-corrected chi connectivity index (χ4v) is 4.49. The lowest BCUT2D eigenvalue weighted by Crippen LogP contribution is -2.42. The Morgan fingerprint density at radius 2 is 1.41 bits per heavy atom. The van der Waals surface area contributed by atoms with Crippen LogP contribution in [0.25, 0.3) is 0 Å². The second-order valence-electron chi connectivity index (χ2n) is 8.31. The number of piperidine rings is 1. The van der Waals surface area contributed by atoms with Gasteiger partial charge in [0.25, 0.3) is 0 Å². The standard InChI is InChI=1S/C18H19Cl2N.C6H14N2/c1-13-5-10-16(17(20)12-13)18-4-2-3-11-21(18)15-8-6-14(19)7-9-15;1-7-3-5-8(2)6-4-7/h5-10,12,18H,2-4,11H2,1H3;3-6H2,1-2H3. The van der Waals surface area contributed by atoms with Gasteiger partial charge in [-0.05, 0) is 81.7 Å². The molecule has 2 aromatic rings. The lowest BCUT2D eigenvalue weighted by Gasteiger charge is -2.38. The van der Waals surface area contributed by atoms with Crippen molar-refractivity contribution in [2.75, 3.05) is 51.7 Å². The first kappa shape index (κ1) is 22.4. The largest absolute Gasteiger partial charge is 0.364 e. The van der Waals surface area contributed by atoms with Gasteiger partial charge in [0.05, 0.1) is 6.04 Å². The first-order chi connectivity index (χ1) is 13.9. The van der Waals surface area contributed by atoms with Crippen molar-refractivity contribution < 1.29 is 0 Å². The monoisotopic (exact) mass is 433 g/mol. The summed E-state index contributed by atoms with van der Waals surface area (Å²) in [6.45, 7) is 8.07. The smallest absolute Gasteiger partial charge is 0.0557 e. The number of benzene rings is 2. The Kier molecular flexibility index (Phi) is 8.25. The van der Waals surface area contributed by atoms with Crippen LogP contribution in [-0.4, -0.2) is 56.6 Å². The van der Waals surface area contributed by atoms with Gasteiger partial charge in [-0.3, -0.25) is 0 Å². The second-order valence-corrected chi connectivity index (χ2v) is 9.16. The van der Waals surface area contributed by atoms with E-state index in [4.69, 9.17) is 23.2 Å². The molecule has 4 rings (SSSR count). The van der Waals surface area contributed by atoms with Crippen LogP contribution in [0, 0.1) is 6.92 Å². The Morgan fingerprint density at radius 3 is 2.00 bits per heavy atom. The van der Waals surface area contributed by atoms with Gasteiger partial charge in [-0.2, -0.15) is 0 Å². The molecule has 0 radical (unpaired) electrons. The van der Waals surface area contributed by atoms with E-state index in [0.717, 1.165) is 23.0 Å². The summed E-state index contributed by atoms with van der Waals surface area (Å²) in [4.78, 5) is 7.18. The van der Waals surface area contributed by atoms with E-state index in [1.165, 1.54) is 55.8 Å². The summed E-state index contributed by atoms with van der Waals surface area (Å²) in [6, 6.07) is 14.9. The van der Waals surface area contributed by atoms with Crippen molar-refractivity contribution in [3.63, 3.8) is 0 Å². The molecule has 2 fully saturated rings. The molecule has 0 aromatic heterocycles. The van der Waals surface area contributed by atoms with Crippen LogP contribution in [0.1, 0.15) is 36.4 Å². The summed E-state index contributed by atoms with van der Waals surface area (Å²) in [6.07, 6.45) is 3.62. The lowest BCUT2D eigenvalue weighted by atomic mass is 9.94. The van der Waals surface area contributed by atoms with Crippen molar-refractivity contribution in [3.8, 4) is 0 Å². The number of nitrogens with zero attached hydrogens (tertiary/aromatic N) is 3. The molecule has 1 unspecified atom stereocenters. The Hall–Kier alpha value is -1.26. The molecular weight excluding hydrogens is 401 g/mol. The minimum atomic E-state index is 0.355. The quantitative estimate of drug-likeness (QED) is 0.583. The number of piperazine rings is 1. The molecule has 0 N–H and O–H groups in total.